The first-order valence-corrected chi connectivity index (χ1v) is 8.74. The van der Waals surface area contributed by atoms with Crippen LogP contribution in [0.5, 0.6) is 0 Å². The van der Waals surface area contributed by atoms with E-state index in [4.69, 9.17) is 0 Å². The Bertz CT molecular complexity index is 495. The summed E-state index contributed by atoms with van der Waals surface area (Å²) in [6.07, 6.45) is 1.69. The van der Waals surface area contributed by atoms with Crippen molar-refractivity contribution >= 4 is 15.5 Å². The van der Waals surface area contributed by atoms with Crippen LogP contribution in [0.1, 0.15) is 26.7 Å². The lowest BCUT2D eigenvalue weighted by Gasteiger charge is -2.18. The summed E-state index contributed by atoms with van der Waals surface area (Å²) in [6, 6.07) is 7.41. The average molecular weight is 298 g/mol. The van der Waals surface area contributed by atoms with Gasteiger partial charge in [0.05, 0.1) is 10.6 Å². The lowest BCUT2D eigenvalue weighted by atomic mass is 10.2. The van der Waals surface area contributed by atoms with Gasteiger partial charge in [0.2, 0.25) is 0 Å². The van der Waals surface area contributed by atoms with Gasteiger partial charge in [0, 0.05) is 11.7 Å². The molecule has 0 saturated heterocycles. The minimum atomic E-state index is -3.11. The fourth-order valence-electron chi connectivity index (χ4n) is 1.95. The molecular weight excluding hydrogens is 272 g/mol. The molecule has 5 heteroatoms. The smallest absolute Gasteiger partial charge is 0.178 e. The summed E-state index contributed by atoms with van der Waals surface area (Å²) in [5.41, 5.74) is 0.965. The number of hydrogen-bond donors (Lipinski definition) is 1. The van der Waals surface area contributed by atoms with Crippen molar-refractivity contribution in [2.45, 2.75) is 37.6 Å². The van der Waals surface area contributed by atoms with Gasteiger partial charge in [-0.2, -0.15) is 0 Å². The van der Waals surface area contributed by atoms with Crippen LogP contribution in [0.2, 0.25) is 0 Å². The SMILES string of the molecule is CCCS(=O)(=O)c1ccc(NC(C)CCN(C)C)cc1. The molecule has 114 valence electrons. The monoisotopic (exact) mass is 298 g/mol. The zero-order valence-corrected chi connectivity index (χ0v) is 13.7. The summed E-state index contributed by atoms with van der Waals surface area (Å²) in [4.78, 5) is 2.56. The molecule has 0 aromatic heterocycles. The average Bonchev–Trinajstić information content (AvgIpc) is 2.37. The van der Waals surface area contributed by atoms with E-state index in [-0.39, 0.29) is 5.75 Å². The predicted molar refractivity (Wildman–Crippen MR) is 85.0 cm³/mol. The maximum Gasteiger partial charge on any atom is 0.178 e. The highest BCUT2D eigenvalue weighted by atomic mass is 32.2. The van der Waals surface area contributed by atoms with Crippen molar-refractivity contribution in [3.63, 3.8) is 0 Å². The third-order valence-corrected chi connectivity index (χ3v) is 5.04. The van der Waals surface area contributed by atoms with Crippen molar-refractivity contribution < 1.29 is 8.42 Å². The Labute approximate surface area is 123 Å². The van der Waals surface area contributed by atoms with Gasteiger partial charge < -0.3 is 10.2 Å². The molecule has 0 fully saturated rings. The highest BCUT2D eigenvalue weighted by Crippen LogP contribution is 2.17. The van der Waals surface area contributed by atoms with E-state index in [1.807, 2.05) is 19.1 Å². The third-order valence-electron chi connectivity index (χ3n) is 3.11. The van der Waals surface area contributed by atoms with E-state index in [0.29, 0.717) is 17.4 Å². The molecule has 1 unspecified atom stereocenters. The molecule has 0 heterocycles. The fourth-order valence-corrected chi connectivity index (χ4v) is 3.28. The van der Waals surface area contributed by atoms with Crippen LogP contribution in [-0.2, 0) is 9.84 Å². The summed E-state index contributed by atoms with van der Waals surface area (Å²) < 4.78 is 23.8. The zero-order valence-electron chi connectivity index (χ0n) is 12.9. The van der Waals surface area contributed by atoms with Gasteiger partial charge in [-0.25, -0.2) is 8.42 Å². The largest absolute Gasteiger partial charge is 0.383 e. The van der Waals surface area contributed by atoms with Crippen molar-refractivity contribution in [2.75, 3.05) is 31.7 Å². The lowest BCUT2D eigenvalue weighted by molar-refractivity contribution is 0.390. The fraction of sp³-hybridized carbons (Fsp3) is 0.600. The second-order valence-electron chi connectivity index (χ2n) is 5.48. The van der Waals surface area contributed by atoms with Gasteiger partial charge in [-0.05, 0) is 64.7 Å². The first kappa shape index (κ1) is 17.0. The normalized spacial score (nSPS) is 13.4. The Morgan fingerprint density at radius 3 is 2.30 bits per heavy atom. The molecule has 20 heavy (non-hydrogen) atoms. The molecule has 0 aliphatic rings. The van der Waals surface area contributed by atoms with Crippen LogP contribution >= 0.6 is 0 Å². The van der Waals surface area contributed by atoms with Gasteiger partial charge >= 0.3 is 0 Å². The topological polar surface area (TPSA) is 49.4 Å². The molecule has 0 aliphatic carbocycles. The molecule has 0 bridgehead atoms. The Morgan fingerprint density at radius 2 is 1.80 bits per heavy atom. The molecule has 1 aromatic rings. The molecule has 0 spiro atoms. The minimum absolute atomic E-state index is 0.207. The van der Waals surface area contributed by atoms with Crippen molar-refractivity contribution in [1.82, 2.24) is 4.90 Å². The number of benzene rings is 1. The van der Waals surface area contributed by atoms with Crippen molar-refractivity contribution in [3.05, 3.63) is 24.3 Å². The Kier molecular flexibility index (Phi) is 6.49. The maximum absolute atomic E-state index is 11.9. The van der Waals surface area contributed by atoms with Crippen LogP contribution in [-0.4, -0.2) is 45.8 Å². The van der Waals surface area contributed by atoms with Crippen LogP contribution in [0.3, 0.4) is 0 Å². The number of anilines is 1. The quantitative estimate of drug-likeness (QED) is 0.801. The molecule has 0 saturated carbocycles. The molecule has 1 rings (SSSR count). The lowest BCUT2D eigenvalue weighted by Crippen LogP contribution is -2.22. The minimum Gasteiger partial charge on any atom is -0.383 e. The summed E-state index contributed by atoms with van der Waals surface area (Å²) in [7, 11) is 1.000. The van der Waals surface area contributed by atoms with Crippen LogP contribution < -0.4 is 5.32 Å². The zero-order chi connectivity index (χ0) is 15.2. The van der Waals surface area contributed by atoms with Crippen LogP contribution in [0.15, 0.2) is 29.2 Å². The molecule has 1 aromatic carbocycles. The van der Waals surface area contributed by atoms with E-state index < -0.39 is 9.84 Å². The highest BCUT2D eigenvalue weighted by Gasteiger charge is 2.12. The van der Waals surface area contributed by atoms with E-state index in [2.05, 4.69) is 31.2 Å². The molecule has 0 aliphatic heterocycles. The summed E-state index contributed by atoms with van der Waals surface area (Å²) in [6.45, 7) is 5.03. The Balaban J connectivity index is 2.63. The molecular formula is C15H26N2O2S. The Hall–Kier alpha value is -1.07. The molecule has 0 amide bonds. The predicted octanol–water partition coefficient (Wildman–Crippen LogP) is 2.62. The maximum atomic E-state index is 11.9. The third kappa shape index (κ3) is 5.51. The van der Waals surface area contributed by atoms with Crippen LogP contribution in [0.25, 0.3) is 0 Å². The standard InChI is InChI=1S/C15H26N2O2S/c1-5-12-20(18,19)15-8-6-14(7-9-15)16-13(2)10-11-17(3)4/h6-9,13,16H,5,10-12H2,1-4H3. The van der Waals surface area contributed by atoms with Crippen molar-refractivity contribution in [2.24, 2.45) is 0 Å². The van der Waals surface area contributed by atoms with E-state index in [1.54, 1.807) is 12.1 Å². The Morgan fingerprint density at radius 1 is 1.20 bits per heavy atom. The van der Waals surface area contributed by atoms with Crippen molar-refractivity contribution in [1.29, 1.82) is 0 Å². The van der Waals surface area contributed by atoms with Gasteiger partial charge in [0.15, 0.2) is 9.84 Å². The van der Waals surface area contributed by atoms with E-state index in [1.165, 1.54) is 0 Å². The number of nitrogens with one attached hydrogen (secondary N) is 1. The second-order valence-corrected chi connectivity index (χ2v) is 7.59. The highest BCUT2D eigenvalue weighted by molar-refractivity contribution is 7.91. The van der Waals surface area contributed by atoms with Gasteiger partial charge in [0.25, 0.3) is 0 Å². The second kappa shape index (κ2) is 7.64. The van der Waals surface area contributed by atoms with Crippen molar-refractivity contribution in [3.8, 4) is 0 Å². The van der Waals surface area contributed by atoms with E-state index in [9.17, 15) is 8.42 Å². The first-order chi connectivity index (χ1) is 9.35. The molecule has 0 radical (unpaired) electrons. The van der Waals surface area contributed by atoms with Crippen LogP contribution in [0.4, 0.5) is 5.69 Å². The van der Waals surface area contributed by atoms with Crippen LogP contribution in [0, 0.1) is 0 Å². The van der Waals surface area contributed by atoms with Gasteiger partial charge in [-0.3, -0.25) is 0 Å². The number of hydrogen-bond acceptors (Lipinski definition) is 4. The van der Waals surface area contributed by atoms with Gasteiger partial charge in [-0.1, -0.05) is 6.92 Å². The van der Waals surface area contributed by atoms with Gasteiger partial charge in [-0.15, -0.1) is 0 Å². The molecule has 1 atom stereocenters. The van der Waals surface area contributed by atoms with E-state index in [0.717, 1.165) is 18.7 Å². The first-order valence-electron chi connectivity index (χ1n) is 7.09. The number of sulfone groups is 1. The van der Waals surface area contributed by atoms with E-state index >= 15 is 0 Å². The number of nitrogens with zero attached hydrogens (tertiary/aromatic N) is 1. The summed E-state index contributed by atoms with van der Waals surface area (Å²) in [5, 5.41) is 3.39. The summed E-state index contributed by atoms with van der Waals surface area (Å²) in [5.74, 6) is 0.207. The van der Waals surface area contributed by atoms with Gasteiger partial charge in [0.1, 0.15) is 0 Å². The molecule has 1 N–H and O–H groups in total. The number of rotatable bonds is 8. The molecule has 4 nitrogen and oxygen atoms in total. The summed E-state index contributed by atoms with van der Waals surface area (Å²) >= 11 is 0.